The fourth-order valence-corrected chi connectivity index (χ4v) is 2.12. The van der Waals surface area contributed by atoms with Crippen molar-refractivity contribution in [3.05, 3.63) is 53.7 Å². The maximum atomic E-state index is 4.53. The number of benzene rings is 1. The number of hydrogen-bond donors (Lipinski definition) is 0. The quantitative estimate of drug-likeness (QED) is 0.726. The number of aromatic nitrogens is 1. The Bertz CT molecular complexity index is 472. The predicted octanol–water partition coefficient (Wildman–Crippen LogP) is 4.18. The van der Waals surface area contributed by atoms with Gasteiger partial charge in [0.15, 0.2) is 0 Å². The summed E-state index contributed by atoms with van der Waals surface area (Å²) in [5.74, 6) is 0.504. The van der Waals surface area contributed by atoms with Crippen LogP contribution in [0.5, 0.6) is 0 Å². The van der Waals surface area contributed by atoms with Crippen LogP contribution in [0.25, 0.3) is 11.3 Å². The zero-order valence-corrected chi connectivity index (χ0v) is 10.1. The summed E-state index contributed by atoms with van der Waals surface area (Å²) in [6.45, 7) is 6.59. The number of nitrogens with zero attached hydrogens (tertiary/aromatic N) is 1. The van der Waals surface area contributed by atoms with E-state index in [1.165, 1.54) is 16.7 Å². The Morgan fingerprint density at radius 1 is 1.00 bits per heavy atom. The minimum Gasteiger partial charge on any atom is -0.256 e. The molecule has 0 saturated carbocycles. The van der Waals surface area contributed by atoms with E-state index in [-0.39, 0.29) is 0 Å². The van der Waals surface area contributed by atoms with Crippen molar-refractivity contribution >= 4 is 0 Å². The molecule has 0 radical (unpaired) electrons. The molecule has 2 rings (SSSR count). The van der Waals surface area contributed by atoms with E-state index >= 15 is 0 Å². The lowest BCUT2D eigenvalue weighted by Gasteiger charge is -2.14. The van der Waals surface area contributed by atoms with Gasteiger partial charge in [-0.25, -0.2) is 0 Å². The van der Waals surface area contributed by atoms with Gasteiger partial charge in [0.1, 0.15) is 0 Å². The maximum Gasteiger partial charge on any atom is 0.0739 e. The molecule has 1 nitrogen and oxygen atoms in total. The topological polar surface area (TPSA) is 12.9 Å². The Morgan fingerprint density at radius 2 is 1.69 bits per heavy atom. The Labute approximate surface area is 97.2 Å². The van der Waals surface area contributed by atoms with Gasteiger partial charge in [-0.15, -0.1) is 0 Å². The third-order valence-electron chi connectivity index (χ3n) is 2.83. The largest absolute Gasteiger partial charge is 0.256 e. The first kappa shape index (κ1) is 10.9. The van der Waals surface area contributed by atoms with Crippen LogP contribution in [-0.2, 0) is 0 Å². The normalized spacial score (nSPS) is 10.8. The standard InChI is InChI=1S/C15H17N/c1-11(2)14-12(3)9-10-16-15(14)13-7-5-4-6-8-13/h4-11H,1-3H3. The Balaban J connectivity index is 2.61. The molecular formula is C15H17N. The fourth-order valence-electron chi connectivity index (χ4n) is 2.12. The Morgan fingerprint density at radius 3 is 2.31 bits per heavy atom. The van der Waals surface area contributed by atoms with E-state index in [9.17, 15) is 0 Å². The molecule has 0 spiro atoms. The summed E-state index contributed by atoms with van der Waals surface area (Å²) in [4.78, 5) is 4.53. The van der Waals surface area contributed by atoms with E-state index in [2.05, 4.69) is 56.1 Å². The van der Waals surface area contributed by atoms with Crippen LogP contribution in [0, 0.1) is 6.92 Å². The second kappa shape index (κ2) is 4.48. The molecule has 1 aromatic carbocycles. The zero-order valence-electron chi connectivity index (χ0n) is 10.1. The summed E-state index contributed by atoms with van der Waals surface area (Å²) in [5, 5.41) is 0. The van der Waals surface area contributed by atoms with Crippen molar-refractivity contribution in [1.82, 2.24) is 4.98 Å². The van der Waals surface area contributed by atoms with E-state index in [1.54, 1.807) is 0 Å². The molecule has 0 unspecified atom stereocenters. The Hall–Kier alpha value is -1.63. The molecular weight excluding hydrogens is 194 g/mol. The number of pyridine rings is 1. The van der Waals surface area contributed by atoms with Crippen LogP contribution in [0.15, 0.2) is 42.6 Å². The van der Waals surface area contributed by atoms with Crippen LogP contribution < -0.4 is 0 Å². The second-order valence-corrected chi connectivity index (χ2v) is 4.41. The molecule has 2 aromatic rings. The summed E-state index contributed by atoms with van der Waals surface area (Å²) >= 11 is 0. The van der Waals surface area contributed by atoms with Crippen molar-refractivity contribution in [2.24, 2.45) is 0 Å². The van der Waals surface area contributed by atoms with E-state index in [0.29, 0.717) is 5.92 Å². The highest BCUT2D eigenvalue weighted by Gasteiger charge is 2.11. The van der Waals surface area contributed by atoms with Gasteiger partial charge in [-0.2, -0.15) is 0 Å². The van der Waals surface area contributed by atoms with Gasteiger partial charge in [-0.1, -0.05) is 44.2 Å². The van der Waals surface area contributed by atoms with E-state index in [4.69, 9.17) is 0 Å². The molecule has 82 valence electrons. The van der Waals surface area contributed by atoms with Gasteiger partial charge in [0.2, 0.25) is 0 Å². The second-order valence-electron chi connectivity index (χ2n) is 4.41. The highest BCUT2D eigenvalue weighted by atomic mass is 14.7. The lowest BCUT2D eigenvalue weighted by molar-refractivity contribution is 0.851. The fraction of sp³-hybridized carbons (Fsp3) is 0.267. The molecule has 0 atom stereocenters. The average molecular weight is 211 g/mol. The third-order valence-corrected chi connectivity index (χ3v) is 2.83. The van der Waals surface area contributed by atoms with Crippen LogP contribution in [0.3, 0.4) is 0 Å². The van der Waals surface area contributed by atoms with Gasteiger partial charge in [0.25, 0.3) is 0 Å². The van der Waals surface area contributed by atoms with Crippen molar-refractivity contribution in [3.8, 4) is 11.3 Å². The Kier molecular flexibility index (Phi) is 3.04. The first-order valence-corrected chi connectivity index (χ1v) is 5.71. The molecule has 0 aliphatic rings. The lowest BCUT2D eigenvalue weighted by atomic mass is 9.93. The molecule has 0 N–H and O–H groups in total. The van der Waals surface area contributed by atoms with Crippen LogP contribution >= 0.6 is 0 Å². The molecule has 0 amide bonds. The van der Waals surface area contributed by atoms with Gasteiger partial charge in [-0.05, 0) is 30.0 Å². The van der Waals surface area contributed by atoms with Crippen LogP contribution in [-0.4, -0.2) is 4.98 Å². The minimum absolute atomic E-state index is 0.504. The summed E-state index contributed by atoms with van der Waals surface area (Å²) in [7, 11) is 0. The van der Waals surface area contributed by atoms with Gasteiger partial charge in [0, 0.05) is 11.8 Å². The number of rotatable bonds is 2. The van der Waals surface area contributed by atoms with Crippen molar-refractivity contribution in [2.45, 2.75) is 26.7 Å². The summed E-state index contributed by atoms with van der Waals surface area (Å²) in [6.07, 6.45) is 1.89. The summed E-state index contributed by atoms with van der Waals surface area (Å²) in [6, 6.07) is 12.5. The zero-order chi connectivity index (χ0) is 11.5. The molecule has 16 heavy (non-hydrogen) atoms. The summed E-state index contributed by atoms with van der Waals surface area (Å²) < 4.78 is 0. The first-order valence-electron chi connectivity index (χ1n) is 5.71. The first-order chi connectivity index (χ1) is 7.70. The van der Waals surface area contributed by atoms with Crippen molar-refractivity contribution in [3.63, 3.8) is 0 Å². The number of hydrogen-bond acceptors (Lipinski definition) is 1. The third kappa shape index (κ3) is 1.99. The lowest BCUT2D eigenvalue weighted by Crippen LogP contribution is -1.98. The average Bonchev–Trinajstić information content (AvgIpc) is 2.29. The molecule has 1 heterocycles. The predicted molar refractivity (Wildman–Crippen MR) is 68.5 cm³/mol. The molecule has 0 saturated heterocycles. The van der Waals surface area contributed by atoms with Gasteiger partial charge < -0.3 is 0 Å². The van der Waals surface area contributed by atoms with Gasteiger partial charge >= 0.3 is 0 Å². The molecule has 0 aliphatic heterocycles. The molecule has 0 aliphatic carbocycles. The highest BCUT2D eigenvalue weighted by molar-refractivity contribution is 5.65. The van der Waals surface area contributed by atoms with Crippen molar-refractivity contribution in [2.75, 3.05) is 0 Å². The number of aryl methyl sites for hydroxylation is 1. The molecule has 0 fully saturated rings. The van der Waals surface area contributed by atoms with E-state index < -0.39 is 0 Å². The maximum absolute atomic E-state index is 4.53. The molecule has 1 heteroatoms. The minimum atomic E-state index is 0.504. The SMILES string of the molecule is Cc1ccnc(-c2ccccc2)c1C(C)C. The summed E-state index contributed by atoms with van der Waals surface area (Å²) in [5.41, 5.74) is 5.00. The smallest absolute Gasteiger partial charge is 0.0739 e. The van der Waals surface area contributed by atoms with E-state index in [1.807, 2.05) is 12.3 Å². The monoisotopic (exact) mass is 211 g/mol. The van der Waals surface area contributed by atoms with E-state index in [0.717, 1.165) is 5.69 Å². The van der Waals surface area contributed by atoms with Crippen LogP contribution in [0.2, 0.25) is 0 Å². The van der Waals surface area contributed by atoms with Crippen LogP contribution in [0.4, 0.5) is 0 Å². The molecule has 1 aromatic heterocycles. The van der Waals surface area contributed by atoms with Crippen molar-refractivity contribution in [1.29, 1.82) is 0 Å². The van der Waals surface area contributed by atoms with Crippen LogP contribution in [0.1, 0.15) is 30.9 Å². The van der Waals surface area contributed by atoms with Gasteiger partial charge in [0.05, 0.1) is 5.69 Å². The van der Waals surface area contributed by atoms with Crippen molar-refractivity contribution < 1.29 is 0 Å². The molecule has 0 bridgehead atoms. The highest BCUT2D eigenvalue weighted by Crippen LogP contribution is 2.29. The van der Waals surface area contributed by atoms with Gasteiger partial charge in [-0.3, -0.25) is 4.98 Å².